The van der Waals surface area contributed by atoms with Crippen molar-refractivity contribution in [1.29, 1.82) is 0 Å². The van der Waals surface area contributed by atoms with Crippen LogP contribution in [0.1, 0.15) is 24.3 Å². The van der Waals surface area contributed by atoms with Gasteiger partial charge >= 0.3 is 0 Å². The zero-order chi connectivity index (χ0) is 15.8. The van der Waals surface area contributed by atoms with Gasteiger partial charge in [-0.2, -0.15) is 5.10 Å². The molecular formula is C16H17N3O2S. The molecule has 0 aliphatic heterocycles. The molecule has 0 radical (unpaired) electrons. The fourth-order valence-corrected chi connectivity index (χ4v) is 2.31. The first-order chi connectivity index (χ1) is 10.7. The summed E-state index contributed by atoms with van der Waals surface area (Å²) in [5, 5.41) is 9.90. The highest BCUT2D eigenvalue weighted by Crippen LogP contribution is 2.09. The summed E-state index contributed by atoms with van der Waals surface area (Å²) in [6, 6.07) is 13.5. The number of hydrogen-bond donors (Lipinski definition) is 1. The fourth-order valence-electron chi connectivity index (χ4n) is 1.64. The average molecular weight is 315 g/mol. The molecule has 1 aromatic heterocycles. The third-order valence-corrected chi connectivity index (χ3v) is 3.79. The van der Waals surface area contributed by atoms with E-state index in [9.17, 15) is 4.79 Å². The lowest BCUT2D eigenvalue weighted by Crippen LogP contribution is -2.23. The highest BCUT2D eigenvalue weighted by atomic mass is 32.1. The van der Waals surface area contributed by atoms with Gasteiger partial charge in [-0.15, -0.1) is 11.3 Å². The zero-order valence-electron chi connectivity index (χ0n) is 12.4. The van der Waals surface area contributed by atoms with Crippen molar-refractivity contribution < 1.29 is 9.63 Å². The summed E-state index contributed by atoms with van der Waals surface area (Å²) < 4.78 is 0. The molecule has 0 saturated heterocycles. The first-order valence-electron chi connectivity index (χ1n) is 6.76. The number of hydrogen-bond acceptors (Lipinski definition) is 5. The SMILES string of the molecule is CC(=NOCC(=O)NN=C(C)c1cccs1)c1ccccc1. The number of nitrogens with zero attached hydrogens (tertiary/aromatic N) is 2. The molecule has 0 saturated carbocycles. The van der Waals surface area contributed by atoms with E-state index < -0.39 is 0 Å². The van der Waals surface area contributed by atoms with Crippen LogP contribution in [-0.2, 0) is 9.63 Å². The molecule has 22 heavy (non-hydrogen) atoms. The number of thiophene rings is 1. The van der Waals surface area contributed by atoms with Gasteiger partial charge in [-0.05, 0) is 30.9 Å². The van der Waals surface area contributed by atoms with Crippen molar-refractivity contribution in [1.82, 2.24) is 5.43 Å². The molecule has 2 rings (SSSR count). The summed E-state index contributed by atoms with van der Waals surface area (Å²) in [5.41, 5.74) is 4.87. The van der Waals surface area contributed by atoms with Gasteiger partial charge in [0.15, 0.2) is 6.61 Å². The van der Waals surface area contributed by atoms with E-state index in [0.29, 0.717) is 5.71 Å². The molecule has 0 aliphatic rings. The third-order valence-electron chi connectivity index (χ3n) is 2.81. The predicted molar refractivity (Wildman–Crippen MR) is 89.3 cm³/mol. The lowest BCUT2D eigenvalue weighted by Gasteiger charge is -2.02. The number of carbonyl (C=O) groups is 1. The van der Waals surface area contributed by atoms with Crippen molar-refractivity contribution in [2.24, 2.45) is 10.3 Å². The monoisotopic (exact) mass is 315 g/mol. The number of amides is 1. The van der Waals surface area contributed by atoms with Gasteiger partial charge in [0, 0.05) is 4.88 Å². The topological polar surface area (TPSA) is 63.0 Å². The van der Waals surface area contributed by atoms with Gasteiger partial charge in [0.2, 0.25) is 0 Å². The van der Waals surface area contributed by atoms with E-state index in [-0.39, 0.29) is 12.5 Å². The second-order valence-corrected chi connectivity index (χ2v) is 5.47. The van der Waals surface area contributed by atoms with Crippen molar-refractivity contribution in [3.05, 3.63) is 58.3 Å². The van der Waals surface area contributed by atoms with Gasteiger partial charge in [-0.25, -0.2) is 5.43 Å². The van der Waals surface area contributed by atoms with Crippen LogP contribution in [0.4, 0.5) is 0 Å². The predicted octanol–water partition coefficient (Wildman–Crippen LogP) is 3.03. The highest BCUT2D eigenvalue weighted by molar-refractivity contribution is 7.12. The number of carbonyl (C=O) groups excluding carboxylic acids is 1. The molecule has 0 bridgehead atoms. The molecule has 1 heterocycles. The highest BCUT2D eigenvalue weighted by Gasteiger charge is 2.03. The van der Waals surface area contributed by atoms with Crippen molar-refractivity contribution >= 4 is 28.7 Å². The molecule has 5 nitrogen and oxygen atoms in total. The van der Waals surface area contributed by atoms with E-state index in [2.05, 4.69) is 15.7 Å². The maximum absolute atomic E-state index is 11.6. The normalized spacial score (nSPS) is 12.1. The van der Waals surface area contributed by atoms with E-state index in [1.807, 2.05) is 61.7 Å². The Morgan fingerprint density at radius 3 is 2.59 bits per heavy atom. The van der Waals surface area contributed by atoms with E-state index in [4.69, 9.17) is 4.84 Å². The van der Waals surface area contributed by atoms with E-state index in [1.54, 1.807) is 11.3 Å². The van der Waals surface area contributed by atoms with Crippen LogP contribution in [0.5, 0.6) is 0 Å². The molecule has 114 valence electrons. The van der Waals surface area contributed by atoms with E-state index in [1.165, 1.54) is 0 Å². The number of benzene rings is 1. The molecule has 0 spiro atoms. The minimum Gasteiger partial charge on any atom is -0.385 e. The minimum absolute atomic E-state index is 0.175. The first-order valence-corrected chi connectivity index (χ1v) is 7.64. The van der Waals surface area contributed by atoms with Gasteiger partial charge in [-0.1, -0.05) is 41.6 Å². The number of oxime groups is 1. The molecule has 0 unspecified atom stereocenters. The van der Waals surface area contributed by atoms with Crippen molar-refractivity contribution in [3.8, 4) is 0 Å². The van der Waals surface area contributed by atoms with Crippen LogP contribution in [0.2, 0.25) is 0 Å². The van der Waals surface area contributed by atoms with Gasteiger partial charge in [-0.3, -0.25) is 4.79 Å². The molecule has 0 aliphatic carbocycles. The Morgan fingerprint density at radius 1 is 1.14 bits per heavy atom. The van der Waals surface area contributed by atoms with Crippen molar-refractivity contribution in [2.45, 2.75) is 13.8 Å². The van der Waals surface area contributed by atoms with E-state index in [0.717, 1.165) is 16.2 Å². The van der Waals surface area contributed by atoms with Crippen LogP contribution in [0.25, 0.3) is 0 Å². The van der Waals surface area contributed by atoms with Crippen molar-refractivity contribution in [3.63, 3.8) is 0 Å². The molecule has 2 aromatic rings. The second-order valence-electron chi connectivity index (χ2n) is 4.53. The van der Waals surface area contributed by atoms with Crippen LogP contribution in [0.3, 0.4) is 0 Å². The third kappa shape index (κ3) is 4.82. The van der Waals surface area contributed by atoms with Crippen LogP contribution >= 0.6 is 11.3 Å². The standard InChI is InChI=1S/C16H17N3O2S/c1-12(14-7-4-3-5-8-14)19-21-11-16(20)18-17-13(2)15-9-6-10-22-15/h3-10H,11H2,1-2H3,(H,18,20). The Bertz CT molecular complexity index is 664. The van der Waals surface area contributed by atoms with Crippen LogP contribution in [0.15, 0.2) is 58.1 Å². The molecule has 0 fully saturated rings. The molecule has 1 N–H and O–H groups in total. The average Bonchev–Trinajstić information content (AvgIpc) is 3.08. The Balaban J connectivity index is 1.80. The van der Waals surface area contributed by atoms with Crippen LogP contribution in [0, 0.1) is 0 Å². The molecule has 6 heteroatoms. The maximum Gasteiger partial charge on any atom is 0.280 e. The van der Waals surface area contributed by atoms with Crippen molar-refractivity contribution in [2.75, 3.05) is 6.61 Å². The Kier molecular flexibility index (Phi) is 5.85. The Labute approximate surface area is 133 Å². The van der Waals surface area contributed by atoms with Crippen LogP contribution < -0.4 is 5.43 Å². The smallest absolute Gasteiger partial charge is 0.280 e. The Morgan fingerprint density at radius 2 is 1.91 bits per heavy atom. The number of rotatable bonds is 6. The molecule has 1 aromatic carbocycles. The van der Waals surface area contributed by atoms with Gasteiger partial charge in [0.1, 0.15) is 0 Å². The van der Waals surface area contributed by atoms with Crippen LogP contribution in [-0.4, -0.2) is 23.9 Å². The summed E-state index contributed by atoms with van der Waals surface area (Å²) in [6.07, 6.45) is 0. The second kappa shape index (κ2) is 8.09. The summed E-state index contributed by atoms with van der Waals surface area (Å²) in [4.78, 5) is 17.7. The number of nitrogens with one attached hydrogen (secondary N) is 1. The summed E-state index contributed by atoms with van der Waals surface area (Å²) in [6.45, 7) is 3.49. The first kappa shape index (κ1) is 15.9. The van der Waals surface area contributed by atoms with E-state index >= 15 is 0 Å². The molecule has 0 atom stereocenters. The molecular weight excluding hydrogens is 298 g/mol. The van der Waals surface area contributed by atoms with Gasteiger partial charge in [0.05, 0.1) is 11.4 Å². The van der Waals surface area contributed by atoms with Gasteiger partial charge < -0.3 is 4.84 Å². The zero-order valence-corrected chi connectivity index (χ0v) is 13.3. The fraction of sp³-hybridized carbons (Fsp3) is 0.188. The maximum atomic E-state index is 11.6. The minimum atomic E-state index is -0.347. The largest absolute Gasteiger partial charge is 0.385 e. The summed E-state index contributed by atoms with van der Waals surface area (Å²) >= 11 is 1.57. The lowest BCUT2D eigenvalue weighted by molar-refractivity contribution is -0.125. The number of hydrazone groups is 1. The summed E-state index contributed by atoms with van der Waals surface area (Å²) in [7, 11) is 0. The molecule has 1 amide bonds. The Hall–Kier alpha value is -2.47. The quantitative estimate of drug-likeness (QED) is 0.658. The summed E-state index contributed by atoms with van der Waals surface area (Å²) in [5.74, 6) is -0.347. The lowest BCUT2D eigenvalue weighted by atomic mass is 10.1. The van der Waals surface area contributed by atoms with Gasteiger partial charge in [0.25, 0.3) is 5.91 Å².